The standard InChI is InChI=1S/C16H17N5OS/c22-15(20-10-3-6-17-7-4-10)16-21-13(9-23-16)12-8-19-14-11(12)2-1-5-18-14/h1-2,5,8-10,17H,3-4,6-7H2,(H,18,19)(H,20,22). The Kier molecular flexibility index (Phi) is 3.80. The third kappa shape index (κ3) is 2.85. The molecule has 23 heavy (non-hydrogen) atoms. The number of nitrogens with zero attached hydrogens (tertiary/aromatic N) is 2. The Morgan fingerprint density at radius 3 is 3.09 bits per heavy atom. The van der Waals surface area contributed by atoms with Crippen molar-refractivity contribution in [2.24, 2.45) is 0 Å². The fourth-order valence-corrected chi connectivity index (χ4v) is 3.60. The van der Waals surface area contributed by atoms with Gasteiger partial charge >= 0.3 is 0 Å². The molecule has 1 aliphatic rings. The summed E-state index contributed by atoms with van der Waals surface area (Å²) >= 11 is 1.38. The van der Waals surface area contributed by atoms with Gasteiger partial charge in [-0.15, -0.1) is 11.3 Å². The van der Waals surface area contributed by atoms with Crippen molar-refractivity contribution in [3.63, 3.8) is 0 Å². The van der Waals surface area contributed by atoms with Crippen LogP contribution in [-0.2, 0) is 0 Å². The van der Waals surface area contributed by atoms with E-state index < -0.39 is 0 Å². The van der Waals surface area contributed by atoms with Crippen molar-refractivity contribution in [2.45, 2.75) is 18.9 Å². The van der Waals surface area contributed by atoms with Gasteiger partial charge in [-0.1, -0.05) is 0 Å². The van der Waals surface area contributed by atoms with Gasteiger partial charge in [-0.2, -0.15) is 0 Å². The van der Waals surface area contributed by atoms with E-state index in [1.807, 2.05) is 23.7 Å². The fourth-order valence-electron chi connectivity index (χ4n) is 2.88. The molecule has 0 bridgehead atoms. The number of aromatic amines is 1. The van der Waals surface area contributed by atoms with E-state index >= 15 is 0 Å². The van der Waals surface area contributed by atoms with Crippen molar-refractivity contribution in [3.05, 3.63) is 34.9 Å². The maximum Gasteiger partial charge on any atom is 0.280 e. The SMILES string of the molecule is O=C(NC1CCNCC1)c1nc(-c2c[nH]c3ncccc23)cs1. The van der Waals surface area contributed by atoms with Gasteiger partial charge in [0.05, 0.1) is 5.69 Å². The lowest BCUT2D eigenvalue weighted by molar-refractivity contribution is 0.0929. The largest absolute Gasteiger partial charge is 0.347 e. The van der Waals surface area contributed by atoms with E-state index in [0.717, 1.165) is 48.2 Å². The van der Waals surface area contributed by atoms with Crippen LogP contribution in [0, 0.1) is 0 Å². The normalized spacial score (nSPS) is 15.8. The van der Waals surface area contributed by atoms with Crippen LogP contribution in [0.15, 0.2) is 29.9 Å². The van der Waals surface area contributed by atoms with Crippen LogP contribution in [0.2, 0.25) is 0 Å². The molecule has 0 aliphatic carbocycles. The van der Waals surface area contributed by atoms with E-state index in [9.17, 15) is 4.79 Å². The first kappa shape index (κ1) is 14.3. The molecule has 118 valence electrons. The molecule has 4 heterocycles. The summed E-state index contributed by atoms with van der Waals surface area (Å²) in [7, 11) is 0. The van der Waals surface area contributed by atoms with E-state index in [1.54, 1.807) is 6.20 Å². The maximum atomic E-state index is 12.4. The first-order valence-electron chi connectivity index (χ1n) is 7.71. The molecular formula is C16H17N5OS. The van der Waals surface area contributed by atoms with Gasteiger partial charge in [-0.05, 0) is 38.1 Å². The van der Waals surface area contributed by atoms with E-state index in [4.69, 9.17) is 0 Å². The predicted octanol–water partition coefficient (Wildman–Crippen LogP) is 2.17. The van der Waals surface area contributed by atoms with E-state index in [-0.39, 0.29) is 11.9 Å². The van der Waals surface area contributed by atoms with Crippen LogP contribution in [-0.4, -0.2) is 40.0 Å². The summed E-state index contributed by atoms with van der Waals surface area (Å²) in [5.74, 6) is -0.0777. The van der Waals surface area contributed by atoms with Gasteiger partial charge < -0.3 is 15.6 Å². The van der Waals surface area contributed by atoms with Crippen molar-refractivity contribution in [1.82, 2.24) is 25.6 Å². The second-order valence-electron chi connectivity index (χ2n) is 5.64. The number of piperidine rings is 1. The molecule has 1 fully saturated rings. The van der Waals surface area contributed by atoms with Crippen LogP contribution in [0.5, 0.6) is 0 Å². The second kappa shape index (κ2) is 6.10. The van der Waals surface area contributed by atoms with Gasteiger partial charge in [-0.25, -0.2) is 9.97 Å². The van der Waals surface area contributed by atoms with E-state index in [0.29, 0.717) is 5.01 Å². The highest BCUT2D eigenvalue weighted by molar-refractivity contribution is 7.12. The van der Waals surface area contributed by atoms with Crippen LogP contribution < -0.4 is 10.6 Å². The summed E-state index contributed by atoms with van der Waals surface area (Å²) in [5, 5.41) is 9.82. The van der Waals surface area contributed by atoms with Crippen molar-refractivity contribution in [3.8, 4) is 11.3 Å². The number of thiazole rings is 1. The molecule has 4 rings (SSSR count). The number of hydrogen-bond acceptors (Lipinski definition) is 5. The van der Waals surface area contributed by atoms with Crippen molar-refractivity contribution in [2.75, 3.05) is 13.1 Å². The number of rotatable bonds is 3. The molecule has 1 saturated heterocycles. The molecule has 3 aromatic heterocycles. The number of nitrogens with one attached hydrogen (secondary N) is 3. The average Bonchev–Trinajstić information content (AvgIpc) is 3.22. The lowest BCUT2D eigenvalue weighted by Crippen LogP contribution is -2.42. The van der Waals surface area contributed by atoms with Crippen LogP contribution >= 0.6 is 11.3 Å². The minimum atomic E-state index is -0.0777. The lowest BCUT2D eigenvalue weighted by Gasteiger charge is -2.23. The van der Waals surface area contributed by atoms with E-state index in [1.165, 1.54) is 11.3 Å². The van der Waals surface area contributed by atoms with Gasteiger partial charge in [-0.3, -0.25) is 4.79 Å². The Bertz CT molecular complexity index is 834. The summed E-state index contributed by atoms with van der Waals surface area (Å²) < 4.78 is 0. The number of pyridine rings is 1. The first-order valence-corrected chi connectivity index (χ1v) is 8.59. The summed E-state index contributed by atoms with van der Waals surface area (Å²) in [5.41, 5.74) is 2.62. The molecule has 3 N–H and O–H groups in total. The number of carbonyl (C=O) groups excluding carboxylic acids is 1. The van der Waals surface area contributed by atoms with Gasteiger partial charge in [0, 0.05) is 34.8 Å². The Hall–Kier alpha value is -2.25. The molecule has 0 atom stereocenters. The number of fused-ring (bicyclic) bond motifs is 1. The summed E-state index contributed by atoms with van der Waals surface area (Å²) in [4.78, 5) is 24.3. The number of hydrogen-bond donors (Lipinski definition) is 3. The monoisotopic (exact) mass is 327 g/mol. The molecule has 7 heteroatoms. The molecular weight excluding hydrogens is 310 g/mol. The fraction of sp³-hybridized carbons (Fsp3) is 0.312. The lowest BCUT2D eigenvalue weighted by atomic mass is 10.1. The van der Waals surface area contributed by atoms with Gasteiger partial charge in [0.15, 0.2) is 5.01 Å². The molecule has 6 nitrogen and oxygen atoms in total. The van der Waals surface area contributed by atoms with E-state index in [2.05, 4.69) is 25.6 Å². The van der Waals surface area contributed by atoms with Crippen LogP contribution in [0.3, 0.4) is 0 Å². The molecule has 0 aromatic carbocycles. The number of aromatic nitrogens is 3. The smallest absolute Gasteiger partial charge is 0.280 e. The second-order valence-corrected chi connectivity index (χ2v) is 6.50. The minimum absolute atomic E-state index is 0.0777. The molecule has 3 aromatic rings. The van der Waals surface area contributed by atoms with Gasteiger partial charge in [0.25, 0.3) is 5.91 Å². The number of carbonyl (C=O) groups is 1. The third-order valence-corrected chi connectivity index (χ3v) is 4.94. The highest BCUT2D eigenvalue weighted by Gasteiger charge is 2.19. The molecule has 0 spiro atoms. The first-order chi connectivity index (χ1) is 11.3. The van der Waals surface area contributed by atoms with Crippen LogP contribution in [0.1, 0.15) is 22.6 Å². The molecule has 0 saturated carbocycles. The number of amides is 1. The Morgan fingerprint density at radius 1 is 1.35 bits per heavy atom. The quantitative estimate of drug-likeness (QED) is 0.688. The Balaban J connectivity index is 1.55. The molecule has 0 unspecified atom stereocenters. The topological polar surface area (TPSA) is 82.7 Å². The maximum absolute atomic E-state index is 12.4. The summed E-state index contributed by atoms with van der Waals surface area (Å²) in [6.07, 6.45) is 5.58. The molecule has 0 radical (unpaired) electrons. The number of H-pyrrole nitrogens is 1. The molecule has 1 aliphatic heterocycles. The van der Waals surface area contributed by atoms with Crippen molar-refractivity contribution < 1.29 is 4.79 Å². The minimum Gasteiger partial charge on any atom is -0.347 e. The third-order valence-electron chi connectivity index (χ3n) is 4.10. The van der Waals surface area contributed by atoms with Crippen molar-refractivity contribution >= 4 is 28.3 Å². The zero-order chi connectivity index (χ0) is 15.6. The molecule has 1 amide bonds. The zero-order valence-electron chi connectivity index (χ0n) is 12.5. The summed E-state index contributed by atoms with van der Waals surface area (Å²) in [6, 6.07) is 4.15. The van der Waals surface area contributed by atoms with Crippen LogP contribution in [0.25, 0.3) is 22.3 Å². The Morgan fingerprint density at radius 2 is 2.22 bits per heavy atom. The zero-order valence-corrected chi connectivity index (χ0v) is 13.3. The average molecular weight is 327 g/mol. The predicted molar refractivity (Wildman–Crippen MR) is 90.6 cm³/mol. The highest BCUT2D eigenvalue weighted by atomic mass is 32.1. The van der Waals surface area contributed by atoms with Gasteiger partial charge in [0.1, 0.15) is 5.65 Å². The van der Waals surface area contributed by atoms with Gasteiger partial charge in [0.2, 0.25) is 0 Å². The Labute approximate surface area is 137 Å². The summed E-state index contributed by atoms with van der Waals surface area (Å²) in [6.45, 7) is 1.91. The van der Waals surface area contributed by atoms with Crippen LogP contribution in [0.4, 0.5) is 0 Å². The van der Waals surface area contributed by atoms with Crippen molar-refractivity contribution in [1.29, 1.82) is 0 Å². The highest BCUT2D eigenvalue weighted by Crippen LogP contribution is 2.28.